The van der Waals surface area contributed by atoms with Crippen molar-refractivity contribution in [3.05, 3.63) is 59.8 Å². The number of oxazole rings is 1. The number of nitrogens with zero attached hydrogens (tertiary/aromatic N) is 1. The van der Waals surface area contributed by atoms with Crippen LogP contribution in [0, 0.1) is 0 Å². The third-order valence-electron chi connectivity index (χ3n) is 4.04. The summed E-state index contributed by atoms with van der Waals surface area (Å²) in [5.74, 6) is 1.14. The van der Waals surface area contributed by atoms with Crippen LogP contribution in [0.1, 0.15) is 45.6 Å². The number of aromatic nitrogens is 1. The zero-order valence-electron chi connectivity index (χ0n) is 14.8. The molecule has 0 unspecified atom stereocenters. The smallest absolute Gasteiger partial charge is 0.227 e. The van der Waals surface area contributed by atoms with Gasteiger partial charge in [0.2, 0.25) is 5.89 Å². The zero-order chi connectivity index (χ0) is 17.1. The molecule has 0 amide bonds. The van der Waals surface area contributed by atoms with Crippen molar-refractivity contribution in [1.29, 1.82) is 0 Å². The highest BCUT2D eigenvalue weighted by atomic mass is 16.3. The van der Waals surface area contributed by atoms with Crippen molar-refractivity contribution in [2.45, 2.75) is 40.0 Å². The molecule has 3 heteroatoms. The minimum atomic E-state index is 0.482. The molecule has 1 heterocycles. The molecule has 0 saturated carbocycles. The Bertz CT molecular complexity index is 874. The number of rotatable bonds is 5. The van der Waals surface area contributed by atoms with Gasteiger partial charge in [0.05, 0.1) is 0 Å². The second kappa shape index (κ2) is 6.91. The van der Waals surface area contributed by atoms with Crippen LogP contribution in [-0.2, 0) is 0 Å². The predicted octanol–water partition coefficient (Wildman–Crippen LogP) is 6.34. The van der Waals surface area contributed by atoms with E-state index in [1.54, 1.807) is 0 Å². The number of allylic oxidation sites excluding steroid dienone is 2. The molecule has 0 radical (unpaired) electrons. The molecule has 3 nitrogen and oxygen atoms in total. The van der Waals surface area contributed by atoms with Gasteiger partial charge in [-0.3, -0.25) is 0 Å². The fourth-order valence-corrected chi connectivity index (χ4v) is 2.74. The van der Waals surface area contributed by atoms with E-state index >= 15 is 0 Å². The summed E-state index contributed by atoms with van der Waals surface area (Å²) in [6.07, 6.45) is 3.18. The Morgan fingerprint density at radius 1 is 1.21 bits per heavy atom. The summed E-state index contributed by atoms with van der Waals surface area (Å²) in [5, 5.41) is 3.40. The van der Waals surface area contributed by atoms with E-state index < -0.39 is 0 Å². The first kappa shape index (κ1) is 16.3. The Balaban J connectivity index is 1.94. The van der Waals surface area contributed by atoms with Gasteiger partial charge in [-0.25, -0.2) is 4.98 Å². The maximum atomic E-state index is 5.94. The lowest BCUT2D eigenvalue weighted by Gasteiger charge is -2.07. The molecule has 2 aromatic carbocycles. The number of anilines is 1. The summed E-state index contributed by atoms with van der Waals surface area (Å²) in [6, 6.07) is 14.4. The quantitative estimate of drug-likeness (QED) is 0.595. The Morgan fingerprint density at radius 3 is 2.79 bits per heavy atom. The maximum absolute atomic E-state index is 5.94. The largest absolute Gasteiger partial charge is 0.436 e. The van der Waals surface area contributed by atoms with Crippen LogP contribution in [0.15, 0.2) is 58.7 Å². The summed E-state index contributed by atoms with van der Waals surface area (Å²) in [7, 11) is 0. The van der Waals surface area contributed by atoms with Crippen molar-refractivity contribution in [3.8, 4) is 11.5 Å². The van der Waals surface area contributed by atoms with Gasteiger partial charge in [0.1, 0.15) is 5.52 Å². The van der Waals surface area contributed by atoms with Gasteiger partial charge < -0.3 is 9.73 Å². The minimum Gasteiger partial charge on any atom is -0.436 e. The van der Waals surface area contributed by atoms with Gasteiger partial charge in [0.15, 0.2) is 5.58 Å². The Labute approximate surface area is 143 Å². The van der Waals surface area contributed by atoms with Gasteiger partial charge in [-0.1, -0.05) is 39.0 Å². The van der Waals surface area contributed by atoms with Crippen molar-refractivity contribution in [2.75, 3.05) is 5.32 Å². The van der Waals surface area contributed by atoms with Crippen LogP contribution in [0.2, 0.25) is 0 Å². The van der Waals surface area contributed by atoms with Crippen LogP contribution >= 0.6 is 0 Å². The third kappa shape index (κ3) is 3.51. The van der Waals surface area contributed by atoms with Crippen molar-refractivity contribution in [1.82, 2.24) is 4.98 Å². The molecule has 24 heavy (non-hydrogen) atoms. The molecular formula is C21H24N2O. The highest BCUT2D eigenvalue weighted by Gasteiger charge is 2.10. The summed E-state index contributed by atoms with van der Waals surface area (Å²) >= 11 is 0. The second-order valence-electron chi connectivity index (χ2n) is 6.40. The number of benzene rings is 2. The normalized spacial score (nSPS) is 12.1. The first-order chi connectivity index (χ1) is 11.6. The molecule has 124 valence electrons. The molecule has 1 aromatic heterocycles. The van der Waals surface area contributed by atoms with Gasteiger partial charge in [-0.2, -0.15) is 0 Å². The van der Waals surface area contributed by atoms with Crippen LogP contribution < -0.4 is 5.32 Å². The molecule has 0 atom stereocenters. The fraction of sp³-hybridized carbons (Fsp3) is 0.286. The van der Waals surface area contributed by atoms with E-state index in [0.29, 0.717) is 11.8 Å². The number of hydrogen-bond donors (Lipinski definition) is 1. The summed E-state index contributed by atoms with van der Waals surface area (Å²) in [6.45, 7) is 8.57. The topological polar surface area (TPSA) is 38.1 Å². The van der Waals surface area contributed by atoms with Gasteiger partial charge in [0, 0.05) is 16.9 Å². The average Bonchev–Trinajstić information content (AvgIpc) is 2.98. The van der Waals surface area contributed by atoms with Gasteiger partial charge in [0.25, 0.3) is 0 Å². The van der Waals surface area contributed by atoms with Gasteiger partial charge >= 0.3 is 0 Å². The van der Waals surface area contributed by atoms with Crippen molar-refractivity contribution in [3.63, 3.8) is 0 Å². The van der Waals surface area contributed by atoms with E-state index in [0.717, 1.165) is 34.5 Å². The van der Waals surface area contributed by atoms with Crippen LogP contribution in [0.4, 0.5) is 5.69 Å². The average molecular weight is 320 g/mol. The molecule has 1 N–H and O–H groups in total. The zero-order valence-corrected chi connectivity index (χ0v) is 14.8. The van der Waals surface area contributed by atoms with E-state index in [4.69, 9.17) is 4.42 Å². The van der Waals surface area contributed by atoms with Crippen LogP contribution in [0.25, 0.3) is 22.6 Å². The van der Waals surface area contributed by atoms with Crippen molar-refractivity contribution >= 4 is 16.8 Å². The first-order valence-corrected chi connectivity index (χ1v) is 8.51. The summed E-state index contributed by atoms with van der Waals surface area (Å²) in [4.78, 5) is 4.67. The van der Waals surface area contributed by atoms with Crippen molar-refractivity contribution in [2.24, 2.45) is 0 Å². The Hall–Kier alpha value is -2.55. The second-order valence-corrected chi connectivity index (χ2v) is 6.40. The van der Waals surface area contributed by atoms with Gasteiger partial charge in [-0.05, 0) is 55.2 Å². The third-order valence-corrected chi connectivity index (χ3v) is 4.04. The molecule has 0 saturated heterocycles. The van der Waals surface area contributed by atoms with Crippen LogP contribution in [-0.4, -0.2) is 4.98 Å². The standard InChI is InChI=1S/C21H24N2O/c1-5-7-15(4)22-18-9-6-8-17(12-18)21-23-19-13-16(14(2)3)10-11-20(19)24-21/h6-14,22H,5H2,1-4H3/b15-7-. The molecule has 0 spiro atoms. The van der Waals surface area contributed by atoms with E-state index in [1.807, 2.05) is 18.2 Å². The highest BCUT2D eigenvalue weighted by Crippen LogP contribution is 2.28. The lowest BCUT2D eigenvalue weighted by atomic mass is 10.0. The van der Waals surface area contributed by atoms with E-state index in [2.05, 4.69) is 68.3 Å². The van der Waals surface area contributed by atoms with Crippen LogP contribution in [0.3, 0.4) is 0 Å². The van der Waals surface area contributed by atoms with Crippen LogP contribution in [0.5, 0.6) is 0 Å². The number of hydrogen-bond acceptors (Lipinski definition) is 3. The van der Waals surface area contributed by atoms with E-state index in [-0.39, 0.29) is 0 Å². The highest BCUT2D eigenvalue weighted by molar-refractivity contribution is 5.77. The van der Waals surface area contributed by atoms with Crippen molar-refractivity contribution < 1.29 is 4.42 Å². The number of nitrogens with one attached hydrogen (secondary N) is 1. The molecule has 0 aliphatic heterocycles. The fourth-order valence-electron chi connectivity index (χ4n) is 2.74. The lowest BCUT2D eigenvalue weighted by Crippen LogP contribution is -1.95. The van der Waals surface area contributed by atoms with Gasteiger partial charge in [-0.15, -0.1) is 0 Å². The van der Waals surface area contributed by atoms with E-state index in [9.17, 15) is 0 Å². The molecule has 0 aliphatic rings. The summed E-state index contributed by atoms with van der Waals surface area (Å²) in [5.41, 5.74) is 6.18. The number of fused-ring (bicyclic) bond motifs is 1. The molecule has 0 fully saturated rings. The Morgan fingerprint density at radius 2 is 2.04 bits per heavy atom. The minimum absolute atomic E-state index is 0.482. The molecular weight excluding hydrogens is 296 g/mol. The summed E-state index contributed by atoms with van der Waals surface area (Å²) < 4.78 is 5.94. The molecule has 3 rings (SSSR count). The predicted molar refractivity (Wildman–Crippen MR) is 101 cm³/mol. The monoisotopic (exact) mass is 320 g/mol. The maximum Gasteiger partial charge on any atom is 0.227 e. The van der Waals surface area contributed by atoms with E-state index in [1.165, 1.54) is 5.56 Å². The molecule has 0 bridgehead atoms. The Kier molecular flexibility index (Phi) is 4.70. The first-order valence-electron chi connectivity index (χ1n) is 8.51. The molecule has 0 aliphatic carbocycles. The lowest BCUT2D eigenvalue weighted by molar-refractivity contribution is 0.620. The SMILES string of the molecule is CC/C=C(/C)Nc1cccc(-c2nc3cc(C(C)C)ccc3o2)c1. The molecule has 3 aromatic rings.